The molecule has 0 aromatic carbocycles. The molecule has 2 aliphatic rings. The molecule has 1 saturated carbocycles. The molecule has 1 aliphatic heterocycles. The topological polar surface area (TPSA) is 93.1 Å². The molecule has 3 N–H and O–H groups in total. The second kappa shape index (κ2) is 12.6. The number of pyridine rings is 1. The number of hydrogen-bond donors (Lipinski definition) is 3. The minimum Gasteiger partial charge on any atom is -0.396 e. The fraction of sp³-hybridized carbons (Fsp3) is 0.708. The standard InChI is InChI=1S/C24H40N6O2/c1-2-25-23(28-20-24(12-19-31)10-5-3-6-11-24)27-14-9-22(32)30-17-15-29(16-18-30)21-8-4-7-13-26-21/h4,7-8,13,31H,2-3,5-6,9-12,14-20H2,1H3,(H2,25,27,28). The van der Waals surface area contributed by atoms with Crippen LogP contribution in [-0.4, -0.2) is 79.3 Å². The summed E-state index contributed by atoms with van der Waals surface area (Å²) in [6.07, 6.45) is 9.09. The van der Waals surface area contributed by atoms with Crippen LogP contribution in [0.4, 0.5) is 5.82 Å². The van der Waals surface area contributed by atoms with Gasteiger partial charge in [0.05, 0.1) is 0 Å². The maximum atomic E-state index is 12.7. The number of carbonyl (C=O) groups is 1. The van der Waals surface area contributed by atoms with Gasteiger partial charge in [-0.15, -0.1) is 0 Å². The van der Waals surface area contributed by atoms with Gasteiger partial charge in [-0.1, -0.05) is 25.3 Å². The van der Waals surface area contributed by atoms with Gasteiger partial charge in [-0.2, -0.15) is 0 Å². The molecule has 0 unspecified atom stereocenters. The van der Waals surface area contributed by atoms with E-state index in [4.69, 9.17) is 4.99 Å². The first-order valence-corrected chi connectivity index (χ1v) is 12.2. The molecule has 8 heteroatoms. The van der Waals surface area contributed by atoms with E-state index in [-0.39, 0.29) is 17.9 Å². The second-order valence-electron chi connectivity index (χ2n) is 8.96. The zero-order valence-corrected chi connectivity index (χ0v) is 19.6. The van der Waals surface area contributed by atoms with Gasteiger partial charge in [0, 0.05) is 65.0 Å². The number of hydrogen-bond acceptors (Lipinski definition) is 5. The highest BCUT2D eigenvalue weighted by Gasteiger charge is 2.31. The van der Waals surface area contributed by atoms with Crippen LogP contribution in [0.3, 0.4) is 0 Å². The van der Waals surface area contributed by atoms with Gasteiger partial charge >= 0.3 is 0 Å². The number of carbonyl (C=O) groups excluding carboxylic acids is 1. The molecule has 32 heavy (non-hydrogen) atoms. The first kappa shape index (κ1) is 24.3. The fourth-order valence-electron chi connectivity index (χ4n) is 4.79. The molecular weight excluding hydrogens is 404 g/mol. The summed E-state index contributed by atoms with van der Waals surface area (Å²) in [5.41, 5.74) is 0.123. The molecule has 2 fully saturated rings. The van der Waals surface area contributed by atoms with Crippen LogP contribution in [0.25, 0.3) is 0 Å². The monoisotopic (exact) mass is 444 g/mol. The van der Waals surface area contributed by atoms with Gasteiger partial charge in [-0.3, -0.25) is 9.79 Å². The maximum Gasteiger partial charge on any atom is 0.224 e. The zero-order valence-electron chi connectivity index (χ0n) is 19.6. The smallest absolute Gasteiger partial charge is 0.224 e. The lowest BCUT2D eigenvalue weighted by Gasteiger charge is -2.36. The molecule has 1 aliphatic carbocycles. The highest BCUT2D eigenvalue weighted by Crippen LogP contribution is 2.39. The third kappa shape index (κ3) is 7.08. The summed E-state index contributed by atoms with van der Waals surface area (Å²) < 4.78 is 0. The quantitative estimate of drug-likeness (QED) is 0.399. The summed E-state index contributed by atoms with van der Waals surface area (Å²) in [4.78, 5) is 26.1. The van der Waals surface area contributed by atoms with E-state index in [0.29, 0.717) is 13.0 Å². The number of aliphatic hydroxyl groups is 1. The van der Waals surface area contributed by atoms with Gasteiger partial charge in [-0.05, 0) is 43.7 Å². The Morgan fingerprint density at radius 2 is 1.94 bits per heavy atom. The number of amides is 1. The first-order valence-electron chi connectivity index (χ1n) is 12.2. The summed E-state index contributed by atoms with van der Waals surface area (Å²) in [6, 6.07) is 5.93. The fourth-order valence-corrected chi connectivity index (χ4v) is 4.79. The Labute approximate surface area is 192 Å². The van der Waals surface area contributed by atoms with Crippen molar-refractivity contribution in [1.29, 1.82) is 0 Å². The van der Waals surface area contributed by atoms with Crippen molar-refractivity contribution in [2.24, 2.45) is 10.4 Å². The van der Waals surface area contributed by atoms with Crippen molar-refractivity contribution < 1.29 is 9.90 Å². The Morgan fingerprint density at radius 3 is 2.59 bits per heavy atom. The number of anilines is 1. The summed E-state index contributed by atoms with van der Waals surface area (Å²) in [5, 5.41) is 16.2. The number of nitrogens with one attached hydrogen (secondary N) is 2. The number of guanidine groups is 1. The van der Waals surface area contributed by atoms with E-state index in [0.717, 1.165) is 70.3 Å². The van der Waals surface area contributed by atoms with Gasteiger partial charge in [-0.25, -0.2) is 4.98 Å². The minimum atomic E-state index is 0.123. The molecule has 0 bridgehead atoms. The van der Waals surface area contributed by atoms with Crippen molar-refractivity contribution in [3.63, 3.8) is 0 Å². The molecular formula is C24H40N6O2. The lowest BCUT2D eigenvalue weighted by molar-refractivity contribution is -0.131. The third-order valence-electron chi connectivity index (χ3n) is 6.71. The molecule has 2 heterocycles. The molecule has 3 rings (SSSR count). The largest absolute Gasteiger partial charge is 0.396 e. The Bertz CT molecular complexity index is 707. The van der Waals surface area contributed by atoms with Gasteiger partial charge in [0.2, 0.25) is 5.91 Å². The van der Waals surface area contributed by atoms with E-state index in [2.05, 4.69) is 20.5 Å². The number of aliphatic imine (C=N–C) groups is 1. The Morgan fingerprint density at radius 1 is 1.16 bits per heavy atom. The molecule has 1 aromatic heterocycles. The van der Waals surface area contributed by atoms with Gasteiger partial charge in [0.25, 0.3) is 0 Å². The highest BCUT2D eigenvalue weighted by atomic mass is 16.3. The number of aromatic nitrogens is 1. The zero-order chi connectivity index (χ0) is 22.7. The van der Waals surface area contributed by atoms with E-state index in [1.807, 2.05) is 36.2 Å². The predicted octanol–water partition coefficient (Wildman–Crippen LogP) is 2.01. The number of piperazine rings is 1. The predicted molar refractivity (Wildman–Crippen MR) is 129 cm³/mol. The summed E-state index contributed by atoms with van der Waals surface area (Å²) >= 11 is 0. The number of nitrogens with zero attached hydrogens (tertiary/aromatic N) is 4. The van der Waals surface area contributed by atoms with E-state index >= 15 is 0 Å². The van der Waals surface area contributed by atoms with Crippen LogP contribution in [0.15, 0.2) is 29.4 Å². The molecule has 0 radical (unpaired) electrons. The van der Waals surface area contributed by atoms with E-state index in [1.54, 1.807) is 0 Å². The lowest BCUT2D eigenvalue weighted by atomic mass is 9.72. The Hall–Kier alpha value is -2.35. The molecule has 1 amide bonds. The molecule has 1 aromatic rings. The van der Waals surface area contributed by atoms with Crippen LogP contribution in [0.5, 0.6) is 0 Å². The SMILES string of the molecule is CCNC(=NCC1(CCO)CCCCC1)NCCC(=O)N1CCN(c2ccccn2)CC1. The minimum absolute atomic E-state index is 0.123. The van der Waals surface area contributed by atoms with Crippen LogP contribution < -0.4 is 15.5 Å². The van der Waals surface area contributed by atoms with E-state index in [9.17, 15) is 9.90 Å². The molecule has 0 atom stereocenters. The van der Waals surface area contributed by atoms with Crippen molar-refractivity contribution in [2.45, 2.75) is 51.9 Å². The molecule has 0 spiro atoms. The maximum absolute atomic E-state index is 12.7. The van der Waals surface area contributed by atoms with Crippen molar-refractivity contribution in [1.82, 2.24) is 20.5 Å². The van der Waals surface area contributed by atoms with Crippen molar-refractivity contribution in [3.05, 3.63) is 24.4 Å². The van der Waals surface area contributed by atoms with Gasteiger partial charge in [0.15, 0.2) is 5.96 Å². The van der Waals surface area contributed by atoms with Crippen LogP contribution in [0.1, 0.15) is 51.9 Å². The first-order chi connectivity index (χ1) is 15.7. The van der Waals surface area contributed by atoms with Crippen LogP contribution in [0, 0.1) is 5.41 Å². The van der Waals surface area contributed by atoms with E-state index in [1.165, 1.54) is 19.3 Å². The Balaban J connectivity index is 1.43. The second-order valence-corrected chi connectivity index (χ2v) is 8.96. The average Bonchev–Trinajstić information content (AvgIpc) is 2.84. The summed E-state index contributed by atoms with van der Waals surface area (Å²) in [6.45, 7) is 7.43. The number of rotatable bonds is 9. The molecule has 178 valence electrons. The van der Waals surface area contributed by atoms with E-state index < -0.39 is 0 Å². The Kier molecular flexibility index (Phi) is 9.59. The van der Waals surface area contributed by atoms with Crippen LogP contribution >= 0.6 is 0 Å². The van der Waals surface area contributed by atoms with Gasteiger partial charge in [0.1, 0.15) is 5.82 Å². The van der Waals surface area contributed by atoms with Crippen molar-refractivity contribution >= 4 is 17.7 Å². The average molecular weight is 445 g/mol. The normalized spacial score (nSPS) is 19.0. The van der Waals surface area contributed by atoms with Gasteiger partial charge < -0.3 is 25.5 Å². The van der Waals surface area contributed by atoms with Crippen molar-refractivity contribution in [3.8, 4) is 0 Å². The summed E-state index contributed by atoms with van der Waals surface area (Å²) in [7, 11) is 0. The van der Waals surface area contributed by atoms with Crippen LogP contribution in [-0.2, 0) is 4.79 Å². The lowest BCUT2D eigenvalue weighted by Crippen LogP contribution is -2.49. The third-order valence-corrected chi connectivity index (χ3v) is 6.71. The summed E-state index contributed by atoms with van der Waals surface area (Å²) in [5.74, 6) is 1.92. The molecule has 1 saturated heterocycles. The van der Waals surface area contributed by atoms with Crippen molar-refractivity contribution in [2.75, 3.05) is 57.3 Å². The highest BCUT2D eigenvalue weighted by molar-refractivity contribution is 5.81. The van der Waals surface area contributed by atoms with Crippen LogP contribution in [0.2, 0.25) is 0 Å². The number of aliphatic hydroxyl groups excluding tert-OH is 1. The molecule has 8 nitrogen and oxygen atoms in total.